The van der Waals surface area contributed by atoms with Crippen LogP contribution in [0.25, 0.3) is 11.4 Å². The summed E-state index contributed by atoms with van der Waals surface area (Å²) in [7, 11) is 4.06. The van der Waals surface area contributed by atoms with Crippen LogP contribution in [0, 0.1) is 0 Å². The summed E-state index contributed by atoms with van der Waals surface area (Å²) in [4.78, 5) is 29.3. The second kappa shape index (κ2) is 9.62. The minimum atomic E-state index is -2.66. The summed E-state index contributed by atoms with van der Waals surface area (Å²) in [5, 5.41) is 3.11. The zero-order chi connectivity index (χ0) is 23.5. The Kier molecular flexibility index (Phi) is 6.64. The maximum Gasteiger partial charge on any atom is 0.295 e. The lowest BCUT2D eigenvalue weighted by atomic mass is 10.2. The third kappa shape index (κ3) is 4.85. The number of nitrogens with zero attached hydrogens (tertiary/aromatic N) is 6. The van der Waals surface area contributed by atoms with E-state index in [1.165, 1.54) is 10.8 Å². The Morgan fingerprint density at radius 3 is 2.61 bits per heavy atom. The Morgan fingerprint density at radius 2 is 1.97 bits per heavy atom. The van der Waals surface area contributed by atoms with Crippen LogP contribution in [-0.2, 0) is 6.54 Å². The molecule has 1 aliphatic rings. The molecule has 1 amide bonds. The molecule has 0 radical (unpaired) electrons. The van der Waals surface area contributed by atoms with Gasteiger partial charge in [-0.1, -0.05) is 0 Å². The van der Waals surface area contributed by atoms with Gasteiger partial charge in [0.1, 0.15) is 0 Å². The number of likely N-dealkylation sites (tertiary alicyclic amines) is 1. The predicted molar refractivity (Wildman–Crippen MR) is 122 cm³/mol. The van der Waals surface area contributed by atoms with Gasteiger partial charge in [0.15, 0.2) is 5.82 Å². The fraction of sp³-hybridized carbons (Fsp3) is 0.391. The Balaban J connectivity index is 1.47. The van der Waals surface area contributed by atoms with E-state index in [-0.39, 0.29) is 11.7 Å². The minimum Gasteiger partial charge on any atom is -0.337 e. The molecule has 0 bridgehead atoms. The molecule has 1 fully saturated rings. The first-order chi connectivity index (χ1) is 15.9. The molecule has 0 saturated carbocycles. The van der Waals surface area contributed by atoms with Crippen molar-refractivity contribution in [1.82, 2.24) is 29.3 Å². The third-order valence-corrected chi connectivity index (χ3v) is 5.88. The summed E-state index contributed by atoms with van der Waals surface area (Å²) >= 11 is 0. The predicted octanol–water partition coefficient (Wildman–Crippen LogP) is 3.82. The molecular formula is C23H27F2N7O. The molecule has 0 spiro atoms. The average molecular weight is 456 g/mol. The molecule has 1 saturated heterocycles. The molecule has 10 heteroatoms. The van der Waals surface area contributed by atoms with E-state index in [4.69, 9.17) is 0 Å². The largest absolute Gasteiger partial charge is 0.337 e. The maximum atomic E-state index is 13.2. The number of carbonyl (C=O) groups excluding carboxylic acids is 1. The molecule has 0 unspecified atom stereocenters. The molecule has 0 aliphatic carbocycles. The lowest BCUT2D eigenvalue weighted by molar-refractivity contribution is 0.0783. The van der Waals surface area contributed by atoms with Gasteiger partial charge in [-0.3, -0.25) is 4.79 Å². The number of nitrogens with one attached hydrogen (secondary N) is 1. The van der Waals surface area contributed by atoms with Crippen molar-refractivity contribution in [3.8, 4) is 11.4 Å². The van der Waals surface area contributed by atoms with Gasteiger partial charge < -0.3 is 19.7 Å². The number of rotatable bonds is 7. The Morgan fingerprint density at radius 1 is 1.21 bits per heavy atom. The number of carbonyl (C=O) groups is 1. The fourth-order valence-electron chi connectivity index (χ4n) is 4.02. The third-order valence-electron chi connectivity index (χ3n) is 5.88. The lowest BCUT2D eigenvalue weighted by Gasteiger charge is -2.20. The number of aromatic nitrogens is 4. The van der Waals surface area contributed by atoms with Crippen molar-refractivity contribution in [2.75, 3.05) is 32.5 Å². The second-order valence-corrected chi connectivity index (χ2v) is 8.17. The maximum absolute atomic E-state index is 13.2. The van der Waals surface area contributed by atoms with Crippen LogP contribution in [0.2, 0.25) is 0 Å². The van der Waals surface area contributed by atoms with Gasteiger partial charge in [0, 0.05) is 43.1 Å². The van der Waals surface area contributed by atoms with E-state index in [1.54, 1.807) is 43.5 Å². The van der Waals surface area contributed by atoms with E-state index in [9.17, 15) is 13.6 Å². The van der Waals surface area contributed by atoms with Crippen molar-refractivity contribution in [3.05, 3.63) is 54.1 Å². The molecule has 1 aliphatic heterocycles. The Labute approximate surface area is 191 Å². The smallest absolute Gasteiger partial charge is 0.295 e. The van der Waals surface area contributed by atoms with Crippen molar-refractivity contribution < 1.29 is 13.6 Å². The summed E-state index contributed by atoms with van der Waals surface area (Å²) in [5.74, 6) is 0.0602. The Bertz CT molecular complexity index is 1110. The highest BCUT2D eigenvalue weighted by Gasteiger charge is 2.28. The van der Waals surface area contributed by atoms with Gasteiger partial charge in [-0.2, -0.15) is 0 Å². The number of hydrogen-bond donors (Lipinski definition) is 1. The monoisotopic (exact) mass is 455 g/mol. The highest BCUT2D eigenvalue weighted by atomic mass is 19.3. The number of benzene rings is 1. The molecule has 174 valence electrons. The van der Waals surface area contributed by atoms with Crippen molar-refractivity contribution in [2.45, 2.75) is 32.4 Å². The van der Waals surface area contributed by atoms with Crippen LogP contribution in [0.4, 0.5) is 20.4 Å². The highest BCUT2D eigenvalue weighted by molar-refractivity contribution is 5.94. The number of likely N-dealkylation sites (N-methyl/N-ethyl adjacent to an activating group) is 1. The number of hydrogen-bond acceptors (Lipinski definition) is 6. The van der Waals surface area contributed by atoms with E-state index < -0.39 is 6.43 Å². The van der Waals surface area contributed by atoms with Crippen LogP contribution in [0.5, 0.6) is 0 Å². The van der Waals surface area contributed by atoms with Gasteiger partial charge in [0.05, 0.1) is 17.6 Å². The van der Waals surface area contributed by atoms with Crippen LogP contribution in [0.15, 0.2) is 42.7 Å². The van der Waals surface area contributed by atoms with E-state index >= 15 is 0 Å². The summed E-state index contributed by atoms with van der Waals surface area (Å²) in [5.41, 5.74) is 2.33. The summed E-state index contributed by atoms with van der Waals surface area (Å²) in [6.07, 6.45) is 1.28. The number of halogens is 2. The van der Waals surface area contributed by atoms with Crippen LogP contribution >= 0.6 is 0 Å². The number of amides is 1. The van der Waals surface area contributed by atoms with Crippen LogP contribution in [0.3, 0.4) is 0 Å². The minimum absolute atomic E-state index is 0.0202. The number of imidazole rings is 1. The molecule has 3 aromatic rings. The van der Waals surface area contributed by atoms with Gasteiger partial charge in [-0.15, -0.1) is 0 Å². The van der Waals surface area contributed by atoms with Crippen molar-refractivity contribution in [1.29, 1.82) is 0 Å². The first-order valence-electron chi connectivity index (χ1n) is 10.9. The van der Waals surface area contributed by atoms with Gasteiger partial charge in [-0.25, -0.2) is 23.7 Å². The summed E-state index contributed by atoms with van der Waals surface area (Å²) in [6, 6.07) is 9.20. The van der Waals surface area contributed by atoms with Crippen LogP contribution < -0.4 is 5.32 Å². The van der Waals surface area contributed by atoms with Gasteiger partial charge in [0.2, 0.25) is 5.95 Å². The quantitative estimate of drug-likeness (QED) is 0.584. The van der Waals surface area contributed by atoms with E-state index in [0.717, 1.165) is 19.5 Å². The van der Waals surface area contributed by atoms with E-state index in [2.05, 4.69) is 25.2 Å². The van der Waals surface area contributed by atoms with Crippen molar-refractivity contribution >= 4 is 17.5 Å². The van der Waals surface area contributed by atoms with Gasteiger partial charge in [0.25, 0.3) is 12.3 Å². The Hall–Kier alpha value is -3.40. The number of anilines is 2. The highest BCUT2D eigenvalue weighted by Crippen LogP contribution is 2.26. The summed E-state index contributed by atoms with van der Waals surface area (Å²) < 4.78 is 27.8. The molecule has 2 aromatic heterocycles. The molecule has 4 rings (SSSR count). The average Bonchev–Trinajstić information content (AvgIpc) is 3.47. The first kappa shape index (κ1) is 22.8. The van der Waals surface area contributed by atoms with Crippen molar-refractivity contribution in [3.63, 3.8) is 0 Å². The molecule has 8 nitrogen and oxygen atoms in total. The SMILES string of the molecule is CCn1c(-c2ccnc(Nc3ccc(C(=O)N4CC[C@@H](N(C)C)C4)cc3)n2)cnc1C(F)F. The topological polar surface area (TPSA) is 79.2 Å². The summed E-state index contributed by atoms with van der Waals surface area (Å²) in [6.45, 7) is 3.62. The van der Waals surface area contributed by atoms with Crippen molar-refractivity contribution in [2.24, 2.45) is 0 Å². The molecule has 33 heavy (non-hydrogen) atoms. The molecular weight excluding hydrogens is 428 g/mol. The van der Waals surface area contributed by atoms with E-state index in [0.29, 0.717) is 41.2 Å². The zero-order valence-electron chi connectivity index (χ0n) is 18.9. The van der Waals surface area contributed by atoms with Crippen LogP contribution in [-0.4, -0.2) is 68.5 Å². The number of alkyl halides is 2. The van der Waals surface area contributed by atoms with E-state index in [1.807, 2.05) is 19.0 Å². The molecule has 1 aromatic carbocycles. The molecule has 1 N–H and O–H groups in total. The molecule has 3 heterocycles. The lowest BCUT2D eigenvalue weighted by Crippen LogP contribution is -2.34. The fourth-order valence-corrected chi connectivity index (χ4v) is 4.02. The first-order valence-corrected chi connectivity index (χ1v) is 10.9. The van der Waals surface area contributed by atoms with Gasteiger partial charge in [-0.05, 0) is 57.8 Å². The standard InChI is InChI=1S/C23H27F2N7O/c1-4-32-19(13-27-21(32)20(24)25)18-9-11-26-23(29-18)28-16-7-5-15(6-8-16)22(33)31-12-10-17(14-31)30(2)3/h5-9,11,13,17,20H,4,10,12,14H2,1-3H3,(H,26,28,29)/t17-/m1/s1. The van der Waals surface area contributed by atoms with Gasteiger partial charge >= 0.3 is 0 Å². The normalized spacial score (nSPS) is 16.1. The molecule has 1 atom stereocenters. The van der Waals surface area contributed by atoms with Crippen LogP contribution in [0.1, 0.15) is 36.0 Å². The second-order valence-electron chi connectivity index (χ2n) is 8.17. The zero-order valence-corrected chi connectivity index (χ0v) is 18.9.